The molecule has 0 aliphatic carbocycles. The number of para-hydroxylation sites is 1. The molecular formula is C44H56N8O4. The van der Waals surface area contributed by atoms with Crippen LogP contribution in [0.4, 0.5) is 0 Å². The van der Waals surface area contributed by atoms with Crippen molar-refractivity contribution < 1.29 is 19.2 Å². The average Bonchev–Trinajstić information content (AvgIpc) is 3.84. The number of guanidine groups is 1. The molecule has 0 saturated heterocycles. The van der Waals surface area contributed by atoms with Crippen LogP contribution in [0.15, 0.2) is 90.4 Å². The Morgan fingerprint density at radius 3 is 2.23 bits per heavy atom. The van der Waals surface area contributed by atoms with Gasteiger partial charge in [-0.3, -0.25) is 24.2 Å². The molecule has 0 unspecified atom stereocenters. The van der Waals surface area contributed by atoms with Gasteiger partial charge in [0, 0.05) is 78.6 Å². The molecular weight excluding hydrogens is 705 g/mol. The Bertz CT molecular complexity index is 2120. The summed E-state index contributed by atoms with van der Waals surface area (Å²) in [5.74, 6) is -2.53. The van der Waals surface area contributed by atoms with Crippen LogP contribution in [0.3, 0.4) is 0 Å². The number of ketones is 3. The van der Waals surface area contributed by atoms with Crippen LogP contribution in [-0.4, -0.2) is 68.8 Å². The summed E-state index contributed by atoms with van der Waals surface area (Å²) in [5.41, 5.74) is 14.8. The second-order valence-electron chi connectivity index (χ2n) is 15.4. The van der Waals surface area contributed by atoms with E-state index in [1.54, 1.807) is 12.5 Å². The molecule has 12 heteroatoms. The predicted octanol–water partition coefficient (Wildman–Crippen LogP) is 5.35. The number of fused-ring (bicyclic) bond motifs is 2. The minimum atomic E-state index is -0.925. The number of aliphatic imine (C=N–C) groups is 1. The smallest absolute Gasteiger partial charge is 0.224 e. The molecule has 0 saturated carbocycles. The maximum Gasteiger partial charge on any atom is 0.224 e. The highest BCUT2D eigenvalue weighted by Gasteiger charge is 2.33. The minimum Gasteiger partial charge on any atom is -0.370 e. The third-order valence-electron chi connectivity index (χ3n) is 10.2. The Morgan fingerprint density at radius 2 is 1.52 bits per heavy atom. The normalized spacial score (nSPS) is 13.8. The van der Waals surface area contributed by atoms with Crippen LogP contribution in [0.1, 0.15) is 70.2 Å². The summed E-state index contributed by atoms with van der Waals surface area (Å²) in [6.45, 7) is 7.89. The van der Waals surface area contributed by atoms with E-state index in [0.29, 0.717) is 19.3 Å². The van der Waals surface area contributed by atoms with E-state index in [0.717, 1.165) is 38.5 Å². The molecule has 5 rings (SSSR count). The van der Waals surface area contributed by atoms with Crippen LogP contribution in [0.25, 0.3) is 21.7 Å². The van der Waals surface area contributed by atoms with Crippen molar-refractivity contribution in [2.45, 2.75) is 90.8 Å². The van der Waals surface area contributed by atoms with Crippen LogP contribution < -0.4 is 22.1 Å². The molecule has 0 fully saturated rings. The summed E-state index contributed by atoms with van der Waals surface area (Å²) in [6, 6.07) is 20.4. The zero-order valence-electron chi connectivity index (χ0n) is 32.9. The lowest BCUT2D eigenvalue weighted by Crippen LogP contribution is -2.47. The van der Waals surface area contributed by atoms with Crippen LogP contribution in [0, 0.1) is 17.8 Å². The molecule has 56 heavy (non-hydrogen) atoms. The first-order chi connectivity index (χ1) is 26.9. The summed E-state index contributed by atoms with van der Waals surface area (Å²) in [4.78, 5) is 71.2. The van der Waals surface area contributed by atoms with Crippen molar-refractivity contribution in [3.8, 4) is 0 Å². The van der Waals surface area contributed by atoms with E-state index >= 15 is 0 Å². The molecule has 5 aromatic rings. The summed E-state index contributed by atoms with van der Waals surface area (Å²) in [7, 11) is 0. The number of nitrogens with zero attached hydrogens (tertiary/aromatic N) is 2. The van der Waals surface area contributed by atoms with E-state index in [1.807, 2.05) is 101 Å². The SMILES string of the molecule is CC(C)N[C@@H](Cc1cnc[nH]1)C(=O)C[C@H](Cc1ccc2ccccc2c1)C(=O)N[C@@H](CCCN=C(N)N)C(=O)C[C@@H](Cc1c[nH]c2ccccc12)C(=O)C(C)C. The first-order valence-electron chi connectivity index (χ1n) is 19.6. The number of H-pyrrole nitrogens is 2. The largest absolute Gasteiger partial charge is 0.370 e. The van der Waals surface area contributed by atoms with Crippen molar-refractivity contribution in [1.29, 1.82) is 0 Å². The molecule has 0 spiro atoms. The fourth-order valence-electron chi connectivity index (χ4n) is 7.38. The van der Waals surface area contributed by atoms with Crippen LogP contribution >= 0.6 is 0 Å². The number of carbonyl (C=O) groups is 4. The summed E-state index contributed by atoms with van der Waals surface area (Å²) in [6.07, 6.45) is 6.77. The van der Waals surface area contributed by atoms with Gasteiger partial charge < -0.3 is 32.1 Å². The Kier molecular flexibility index (Phi) is 14.7. The van der Waals surface area contributed by atoms with Gasteiger partial charge in [-0.1, -0.05) is 88.4 Å². The number of nitrogens with two attached hydrogens (primary N) is 2. The molecule has 1 amide bonds. The quantitative estimate of drug-likeness (QED) is 0.0308. The molecule has 0 aliphatic heterocycles. The van der Waals surface area contributed by atoms with Gasteiger partial charge in [0.05, 0.1) is 18.4 Å². The van der Waals surface area contributed by atoms with Gasteiger partial charge in [0.15, 0.2) is 17.5 Å². The predicted molar refractivity (Wildman–Crippen MR) is 222 cm³/mol. The fraction of sp³-hybridized carbons (Fsp3) is 0.409. The molecule has 2 aromatic heterocycles. The number of Topliss-reactive ketones (excluding diaryl/α,β-unsaturated/α-hetero) is 3. The summed E-state index contributed by atoms with van der Waals surface area (Å²) >= 11 is 0. The van der Waals surface area contributed by atoms with Crippen molar-refractivity contribution in [3.63, 3.8) is 0 Å². The lowest BCUT2D eigenvalue weighted by Gasteiger charge is -2.26. The van der Waals surface area contributed by atoms with Gasteiger partial charge >= 0.3 is 0 Å². The second-order valence-corrected chi connectivity index (χ2v) is 15.4. The Labute approximate surface area is 328 Å². The van der Waals surface area contributed by atoms with Crippen LogP contribution in [0.5, 0.6) is 0 Å². The molecule has 12 nitrogen and oxygen atoms in total. The van der Waals surface area contributed by atoms with Crippen LogP contribution in [-0.2, 0) is 38.4 Å². The van der Waals surface area contributed by atoms with E-state index < -0.39 is 29.8 Å². The molecule has 3 aromatic carbocycles. The van der Waals surface area contributed by atoms with Crippen molar-refractivity contribution >= 4 is 50.9 Å². The zero-order chi connectivity index (χ0) is 40.2. The molecule has 8 N–H and O–H groups in total. The molecule has 0 aliphatic rings. The first kappa shape index (κ1) is 41.5. The van der Waals surface area contributed by atoms with Gasteiger partial charge in [-0.15, -0.1) is 0 Å². The van der Waals surface area contributed by atoms with Gasteiger partial charge in [0.1, 0.15) is 5.78 Å². The van der Waals surface area contributed by atoms with Gasteiger partial charge in [0.25, 0.3) is 0 Å². The van der Waals surface area contributed by atoms with E-state index in [1.165, 1.54) is 0 Å². The number of benzene rings is 3. The third-order valence-corrected chi connectivity index (χ3v) is 10.2. The van der Waals surface area contributed by atoms with Crippen molar-refractivity contribution in [1.82, 2.24) is 25.6 Å². The average molecular weight is 761 g/mol. The highest BCUT2D eigenvalue weighted by Crippen LogP contribution is 2.26. The molecule has 0 bridgehead atoms. The molecule has 0 radical (unpaired) electrons. The molecule has 296 valence electrons. The fourth-order valence-corrected chi connectivity index (χ4v) is 7.38. The summed E-state index contributed by atoms with van der Waals surface area (Å²) < 4.78 is 0. The van der Waals surface area contributed by atoms with Gasteiger partial charge in [-0.05, 0) is 53.6 Å². The van der Waals surface area contributed by atoms with Crippen molar-refractivity contribution in [3.05, 3.63) is 102 Å². The lowest BCUT2D eigenvalue weighted by molar-refractivity contribution is -0.134. The Hall–Kier alpha value is -5.62. The van der Waals surface area contributed by atoms with E-state index in [4.69, 9.17) is 11.5 Å². The maximum atomic E-state index is 14.5. The topological polar surface area (TPSA) is 201 Å². The number of rotatable bonds is 22. The van der Waals surface area contributed by atoms with Crippen molar-refractivity contribution in [2.75, 3.05) is 6.54 Å². The van der Waals surface area contributed by atoms with Crippen molar-refractivity contribution in [2.24, 2.45) is 34.2 Å². The number of aromatic nitrogens is 3. The second kappa shape index (κ2) is 19.8. The number of aromatic amines is 2. The first-order valence-corrected chi connectivity index (χ1v) is 19.6. The van der Waals surface area contributed by atoms with Crippen LogP contribution in [0.2, 0.25) is 0 Å². The monoisotopic (exact) mass is 760 g/mol. The highest BCUT2D eigenvalue weighted by atomic mass is 16.2. The minimum absolute atomic E-state index is 0.0117. The molecule has 2 heterocycles. The number of amides is 1. The molecule has 4 atom stereocenters. The Morgan fingerprint density at radius 1 is 0.804 bits per heavy atom. The Balaban J connectivity index is 1.42. The standard InChI is InChI=1S/C44H56N8O4/c1-27(2)42(55)32(20-34-24-49-37-13-8-7-12-36(34)37)21-40(53)38(14-9-17-48-44(45)46)52-43(56)33(19-29-15-16-30-10-5-6-11-31(30)18-29)22-41(54)39(51-28(3)4)23-35-25-47-26-50-35/h5-8,10-13,15-16,18,24-28,32-33,38-39,49,51H,9,14,17,19-23H2,1-4H3,(H,47,50)(H,52,56)(H4,45,46,48)/t32-,33+,38+,39+/m1/s1. The number of imidazole rings is 1. The maximum absolute atomic E-state index is 14.5. The number of hydrogen-bond acceptors (Lipinski definition) is 7. The van der Waals surface area contributed by atoms with Gasteiger partial charge in [-0.25, -0.2) is 4.98 Å². The summed E-state index contributed by atoms with van der Waals surface area (Å²) in [5, 5.41) is 9.52. The number of nitrogens with one attached hydrogen (secondary N) is 4. The number of hydrogen-bond donors (Lipinski definition) is 6. The lowest BCUT2D eigenvalue weighted by atomic mass is 9.84. The third kappa shape index (κ3) is 11.7. The zero-order valence-corrected chi connectivity index (χ0v) is 32.9. The van der Waals surface area contributed by atoms with Gasteiger partial charge in [0.2, 0.25) is 5.91 Å². The van der Waals surface area contributed by atoms with E-state index in [-0.39, 0.29) is 67.5 Å². The van der Waals surface area contributed by atoms with Gasteiger partial charge in [-0.2, -0.15) is 0 Å². The van der Waals surface area contributed by atoms with E-state index in [2.05, 4.69) is 30.6 Å². The number of carbonyl (C=O) groups excluding carboxylic acids is 4. The van der Waals surface area contributed by atoms with E-state index in [9.17, 15) is 19.2 Å². The highest BCUT2D eigenvalue weighted by molar-refractivity contribution is 5.96.